The molecule has 1 atom stereocenters. The van der Waals surface area contributed by atoms with E-state index in [-0.39, 0.29) is 6.04 Å². The SMILES string of the molecule is CC#CCCNC(CN)c1cccs1. The van der Waals surface area contributed by atoms with Crippen molar-refractivity contribution in [1.29, 1.82) is 0 Å². The van der Waals surface area contributed by atoms with Crippen LogP contribution in [-0.4, -0.2) is 13.1 Å². The van der Waals surface area contributed by atoms with Gasteiger partial charge in [0.25, 0.3) is 0 Å². The maximum atomic E-state index is 5.69. The van der Waals surface area contributed by atoms with E-state index in [1.807, 2.05) is 6.92 Å². The Morgan fingerprint density at radius 3 is 3.07 bits per heavy atom. The van der Waals surface area contributed by atoms with Crippen molar-refractivity contribution in [3.63, 3.8) is 0 Å². The van der Waals surface area contributed by atoms with Gasteiger partial charge in [-0.2, -0.15) is 0 Å². The molecule has 3 N–H and O–H groups in total. The average molecular weight is 208 g/mol. The third-order valence-corrected chi connectivity index (χ3v) is 2.93. The number of hydrogen-bond donors (Lipinski definition) is 2. The van der Waals surface area contributed by atoms with Crippen molar-refractivity contribution in [3.8, 4) is 11.8 Å². The first-order valence-electron chi connectivity index (χ1n) is 4.75. The van der Waals surface area contributed by atoms with Crippen LogP contribution >= 0.6 is 11.3 Å². The first-order chi connectivity index (χ1) is 6.88. The fourth-order valence-electron chi connectivity index (χ4n) is 1.22. The van der Waals surface area contributed by atoms with Crippen molar-refractivity contribution < 1.29 is 0 Å². The first kappa shape index (κ1) is 11.3. The van der Waals surface area contributed by atoms with Crippen LogP contribution in [0, 0.1) is 11.8 Å². The summed E-state index contributed by atoms with van der Waals surface area (Å²) < 4.78 is 0. The maximum absolute atomic E-state index is 5.69. The Kier molecular flexibility index (Phi) is 5.31. The van der Waals surface area contributed by atoms with E-state index in [2.05, 4.69) is 34.7 Å². The second-order valence-corrected chi connectivity index (χ2v) is 3.91. The normalized spacial score (nSPS) is 11.9. The Hall–Kier alpha value is -0.820. The molecule has 76 valence electrons. The molecule has 0 aromatic carbocycles. The topological polar surface area (TPSA) is 38.0 Å². The Morgan fingerprint density at radius 1 is 1.64 bits per heavy atom. The van der Waals surface area contributed by atoms with E-state index in [0.717, 1.165) is 13.0 Å². The van der Waals surface area contributed by atoms with Gasteiger partial charge >= 0.3 is 0 Å². The zero-order chi connectivity index (χ0) is 10.2. The predicted molar refractivity (Wildman–Crippen MR) is 62.2 cm³/mol. The van der Waals surface area contributed by atoms with Gasteiger partial charge in [-0.3, -0.25) is 0 Å². The summed E-state index contributed by atoms with van der Waals surface area (Å²) in [5.41, 5.74) is 5.69. The van der Waals surface area contributed by atoms with Crippen molar-refractivity contribution in [2.24, 2.45) is 5.73 Å². The molecule has 0 aliphatic carbocycles. The van der Waals surface area contributed by atoms with Crippen LogP contribution < -0.4 is 11.1 Å². The zero-order valence-electron chi connectivity index (χ0n) is 8.42. The average Bonchev–Trinajstić information content (AvgIpc) is 2.71. The molecule has 0 aliphatic heterocycles. The van der Waals surface area contributed by atoms with E-state index in [0.29, 0.717) is 6.54 Å². The van der Waals surface area contributed by atoms with Crippen molar-refractivity contribution in [1.82, 2.24) is 5.32 Å². The van der Waals surface area contributed by atoms with Gasteiger partial charge in [-0.15, -0.1) is 23.2 Å². The summed E-state index contributed by atoms with van der Waals surface area (Å²) in [5, 5.41) is 5.46. The smallest absolute Gasteiger partial charge is 0.0539 e. The molecule has 1 aromatic heterocycles. The van der Waals surface area contributed by atoms with Gasteiger partial charge in [0.15, 0.2) is 0 Å². The van der Waals surface area contributed by atoms with E-state index in [1.54, 1.807) is 11.3 Å². The lowest BCUT2D eigenvalue weighted by atomic mass is 10.2. The molecule has 0 spiro atoms. The second kappa shape index (κ2) is 6.61. The Morgan fingerprint density at radius 2 is 2.50 bits per heavy atom. The molecule has 1 heterocycles. The number of rotatable bonds is 5. The van der Waals surface area contributed by atoms with Crippen LogP contribution in [0.15, 0.2) is 17.5 Å². The van der Waals surface area contributed by atoms with E-state index < -0.39 is 0 Å². The Labute approximate surface area is 89.5 Å². The maximum Gasteiger partial charge on any atom is 0.0539 e. The number of thiophene rings is 1. The number of nitrogens with one attached hydrogen (secondary N) is 1. The fourth-order valence-corrected chi connectivity index (χ4v) is 2.04. The molecule has 14 heavy (non-hydrogen) atoms. The van der Waals surface area contributed by atoms with Crippen molar-refractivity contribution in [2.75, 3.05) is 13.1 Å². The van der Waals surface area contributed by atoms with E-state index in [1.165, 1.54) is 4.88 Å². The van der Waals surface area contributed by atoms with Crippen molar-refractivity contribution >= 4 is 11.3 Å². The summed E-state index contributed by atoms with van der Waals surface area (Å²) in [6.45, 7) is 3.40. The van der Waals surface area contributed by atoms with Crippen LogP contribution in [0.1, 0.15) is 24.3 Å². The van der Waals surface area contributed by atoms with E-state index >= 15 is 0 Å². The molecule has 0 saturated heterocycles. The molecule has 1 rings (SSSR count). The summed E-state index contributed by atoms with van der Waals surface area (Å²) in [6.07, 6.45) is 0.887. The lowest BCUT2D eigenvalue weighted by molar-refractivity contribution is 0.558. The summed E-state index contributed by atoms with van der Waals surface area (Å²) in [7, 11) is 0. The quantitative estimate of drug-likeness (QED) is 0.571. The van der Waals surface area contributed by atoms with Crippen LogP contribution in [-0.2, 0) is 0 Å². The summed E-state index contributed by atoms with van der Waals surface area (Å²) >= 11 is 1.74. The molecular weight excluding hydrogens is 192 g/mol. The monoisotopic (exact) mass is 208 g/mol. The highest BCUT2D eigenvalue weighted by Gasteiger charge is 2.08. The predicted octanol–water partition coefficient (Wildman–Crippen LogP) is 1.75. The summed E-state index contributed by atoms with van der Waals surface area (Å²) in [5.74, 6) is 5.90. The van der Waals surface area contributed by atoms with Gasteiger partial charge in [0.1, 0.15) is 0 Å². The van der Waals surface area contributed by atoms with E-state index in [9.17, 15) is 0 Å². The van der Waals surface area contributed by atoms with Gasteiger partial charge in [0.05, 0.1) is 6.04 Å². The molecular formula is C11H16N2S. The molecule has 1 aromatic rings. The van der Waals surface area contributed by atoms with Crippen LogP contribution in [0.2, 0.25) is 0 Å². The van der Waals surface area contributed by atoms with Gasteiger partial charge < -0.3 is 11.1 Å². The molecule has 0 saturated carbocycles. The van der Waals surface area contributed by atoms with Gasteiger partial charge in [-0.1, -0.05) is 6.07 Å². The molecule has 3 heteroatoms. The van der Waals surface area contributed by atoms with Gasteiger partial charge in [0.2, 0.25) is 0 Å². The van der Waals surface area contributed by atoms with Crippen LogP contribution in [0.5, 0.6) is 0 Å². The minimum absolute atomic E-state index is 0.286. The molecule has 2 nitrogen and oxygen atoms in total. The molecule has 0 fully saturated rings. The lowest BCUT2D eigenvalue weighted by Crippen LogP contribution is -2.28. The second-order valence-electron chi connectivity index (χ2n) is 2.93. The molecule has 0 amide bonds. The molecule has 0 aliphatic rings. The molecule has 1 unspecified atom stereocenters. The van der Waals surface area contributed by atoms with Crippen LogP contribution in [0.25, 0.3) is 0 Å². The van der Waals surface area contributed by atoms with Crippen molar-refractivity contribution in [2.45, 2.75) is 19.4 Å². The summed E-state index contributed by atoms with van der Waals surface area (Å²) in [6, 6.07) is 4.45. The van der Waals surface area contributed by atoms with Crippen molar-refractivity contribution in [3.05, 3.63) is 22.4 Å². The highest BCUT2D eigenvalue weighted by molar-refractivity contribution is 7.10. The fraction of sp³-hybridized carbons (Fsp3) is 0.455. The Bertz CT molecular complexity index is 295. The Balaban J connectivity index is 2.35. The van der Waals surface area contributed by atoms with E-state index in [4.69, 9.17) is 5.73 Å². The number of nitrogens with two attached hydrogens (primary N) is 1. The minimum atomic E-state index is 0.286. The number of hydrogen-bond acceptors (Lipinski definition) is 3. The zero-order valence-corrected chi connectivity index (χ0v) is 9.23. The minimum Gasteiger partial charge on any atom is -0.329 e. The summed E-state index contributed by atoms with van der Waals surface area (Å²) in [4.78, 5) is 1.30. The highest BCUT2D eigenvalue weighted by atomic mass is 32.1. The van der Waals surface area contributed by atoms with Gasteiger partial charge in [-0.25, -0.2) is 0 Å². The van der Waals surface area contributed by atoms with Gasteiger partial charge in [0, 0.05) is 24.4 Å². The third-order valence-electron chi connectivity index (χ3n) is 1.94. The third kappa shape index (κ3) is 3.51. The largest absolute Gasteiger partial charge is 0.329 e. The standard InChI is InChI=1S/C11H16N2S/c1-2-3-4-7-13-10(9-12)11-6-5-8-14-11/h5-6,8,10,13H,4,7,9,12H2,1H3. The first-order valence-corrected chi connectivity index (χ1v) is 5.63. The van der Waals surface area contributed by atoms with Crippen LogP contribution in [0.4, 0.5) is 0 Å². The lowest BCUT2D eigenvalue weighted by Gasteiger charge is -2.13. The molecule has 0 radical (unpaired) electrons. The highest BCUT2D eigenvalue weighted by Crippen LogP contribution is 2.17. The molecule has 0 bridgehead atoms. The van der Waals surface area contributed by atoms with Crippen LogP contribution in [0.3, 0.4) is 0 Å². The van der Waals surface area contributed by atoms with Gasteiger partial charge in [-0.05, 0) is 18.4 Å².